The first-order chi connectivity index (χ1) is 12.6. The zero-order chi connectivity index (χ0) is 18.5. The first-order valence-corrected chi connectivity index (χ1v) is 9.04. The van der Waals surface area contributed by atoms with Gasteiger partial charge in [0, 0.05) is 11.6 Å². The molecule has 2 aromatic carbocycles. The summed E-state index contributed by atoms with van der Waals surface area (Å²) >= 11 is 6.13. The minimum atomic E-state index is -0.0353. The van der Waals surface area contributed by atoms with Gasteiger partial charge in [-0.3, -0.25) is 4.79 Å². The summed E-state index contributed by atoms with van der Waals surface area (Å²) in [6, 6.07) is 12.6. The molecule has 0 saturated carbocycles. The highest BCUT2D eigenvalue weighted by Crippen LogP contribution is 2.36. The Morgan fingerprint density at radius 2 is 1.96 bits per heavy atom. The monoisotopic (exact) mass is 374 g/mol. The molecule has 138 valence electrons. The van der Waals surface area contributed by atoms with Crippen molar-refractivity contribution in [3.05, 3.63) is 47.5 Å². The van der Waals surface area contributed by atoms with Crippen molar-refractivity contribution in [3.63, 3.8) is 0 Å². The van der Waals surface area contributed by atoms with Gasteiger partial charge in [-0.05, 0) is 56.8 Å². The van der Waals surface area contributed by atoms with Gasteiger partial charge in [0.2, 0.25) is 5.91 Å². The zero-order valence-corrected chi connectivity index (χ0v) is 15.8. The Labute approximate surface area is 158 Å². The third kappa shape index (κ3) is 4.48. The van der Waals surface area contributed by atoms with Crippen molar-refractivity contribution in [2.45, 2.75) is 12.8 Å². The molecular weight excluding hydrogens is 352 g/mol. The molecule has 1 heterocycles. The lowest BCUT2D eigenvalue weighted by Crippen LogP contribution is -2.38. The van der Waals surface area contributed by atoms with E-state index in [0.717, 1.165) is 25.9 Å². The molecule has 2 aromatic rings. The van der Waals surface area contributed by atoms with Crippen molar-refractivity contribution >= 4 is 23.2 Å². The van der Waals surface area contributed by atoms with Crippen molar-refractivity contribution < 1.29 is 14.3 Å². The van der Waals surface area contributed by atoms with Gasteiger partial charge in [-0.2, -0.15) is 0 Å². The largest absolute Gasteiger partial charge is 0.493 e. The fraction of sp³-hybridized carbons (Fsp3) is 0.350. The highest BCUT2D eigenvalue weighted by Gasteiger charge is 2.25. The summed E-state index contributed by atoms with van der Waals surface area (Å²) in [5.41, 5.74) is 0.557. The third-order valence-corrected chi connectivity index (χ3v) is 4.72. The average Bonchev–Trinajstić information content (AvgIpc) is 2.64. The molecule has 0 radical (unpaired) electrons. The summed E-state index contributed by atoms with van der Waals surface area (Å²) in [4.78, 5) is 14.9. The van der Waals surface area contributed by atoms with Crippen LogP contribution in [0, 0.1) is 5.92 Å². The second kappa shape index (κ2) is 8.43. The van der Waals surface area contributed by atoms with E-state index in [1.54, 1.807) is 25.3 Å². The van der Waals surface area contributed by atoms with Gasteiger partial charge in [0.1, 0.15) is 0 Å². The van der Waals surface area contributed by atoms with Crippen LogP contribution in [-0.4, -0.2) is 38.1 Å². The van der Waals surface area contributed by atoms with Gasteiger partial charge in [-0.25, -0.2) is 0 Å². The minimum Gasteiger partial charge on any atom is -0.493 e. The van der Waals surface area contributed by atoms with Gasteiger partial charge < -0.3 is 19.7 Å². The molecule has 1 fully saturated rings. The van der Waals surface area contributed by atoms with Crippen molar-refractivity contribution in [1.82, 2.24) is 4.90 Å². The minimum absolute atomic E-state index is 0.0105. The highest BCUT2D eigenvalue weighted by molar-refractivity contribution is 6.31. The number of piperidine rings is 1. The van der Waals surface area contributed by atoms with Gasteiger partial charge in [0.15, 0.2) is 17.2 Å². The van der Waals surface area contributed by atoms with Crippen LogP contribution in [0.3, 0.4) is 0 Å². The van der Waals surface area contributed by atoms with E-state index in [4.69, 9.17) is 21.1 Å². The second-order valence-electron chi connectivity index (χ2n) is 6.48. The van der Waals surface area contributed by atoms with Gasteiger partial charge in [0.25, 0.3) is 0 Å². The number of rotatable bonds is 5. The number of para-hydroxylation sites is 2. The number of halogens is 1. The molecule has 26 heavy (non-hydrogen) atoms. The van der Waals surface area contributed by atoms with E-state index in [0.29, 0.717) is 28.0 Å². The van der Waals surface area contributed by atoms with Crippen LogP contribution in [0.4, 0.5) is 5.69 Å². The van der Waals surface area contributed by atoms with Crippen LogP contribution in [0.1, 0.15) is 12.8 Å². The van der Waals surface area contributed by atoms with Gasteiger partial charge in [0.05, 0.1) is 18.7 Å². The molecule has 0 unspecified atom stereocenters. The Hall–Kier alpha value is -2.24. The summed E-state index contributed by atoms with van der Waals surface area (Å²) in [5, 5.41) is 3.52. The number of carbonyl (C=O) groups is 1. The fourth-order valence-electron chi connectivity index (χ4n) is 3.13. The molecule has 1 aliphatic heterocycles. The maximum absolute atomic E-state index is 12.7. The van der Waals surface area contributed by atoms with E-state index in [-0.39, 0.29) is 11.8 Å². The smallest absolute Gasteiger partial charge is 0.228 e. The topological polar surface area (TPSA) is 50.8 Å². The normalized spacial score (nSPS) is 17.6. The van der Waals surface area contributed by atoms with Gasteiger partial charge in [-0.1, -0.05) is 23.7 Å². The third-order valence-electron chi connectivity index (χ3n) is 4.48. The Bertz CT molecular complexity index is 781. The molecule has 1 saturated heterocycles. The lowest BCUT2D eigenvalue weighted by molar-refractivity contribution is -0.121. The summed E-state index contributed by atoms with van der Waals surface area (Å²) < 4.78 is 11.3. The van der Waals surface area contributed by atoms with Crippen molar-refractivity contribution in [2.75, 3.05) is 32.6 Å². The molecule has 5 nitrogen and oxygen atoms in total. The lowest BCUT2D eigenvalue weighted by atomic mass is 9.97. The molecule has 6 heteroatoms. The molecule has 1 aliphatic rings. The van der Waals surface area contributed by atoms with E-state index in [9.17, 15) is 4.79 Å². The predicted molar refractivity (Wildman–Crippen MR) is 103 cm³/mol. The van der Waals surface area contributed by atoms with E-state index in [2.05, 4.69) is 10.2 Å². The molecular formula is C20H23ClN2O3. The predicted octanol–water partition coefficient (Wildman–Crippen LogP) is 4.42. The summed E-state index contributed by atoms with van der Waals surface area (Å²) in [7, 11) is 3.63. The number of hydrogen-bond acceptors (Lipinski definition) is 4. The molecule has 0 spiro atoms. The molecule has 1 amide bonds. The molecule has 0 aromatic heterocycles. The summed E-state index contributed by atoms with van der Waals surface area (Å²) in [6.07, 6.45) is 1.91. The Balaban J connectivity index is 1.80. The Morgan fingerprint density at radius 1 is 1.19 bits per heavy atom. The van der Waals surface area contributed by atoms with Crippen LogP contribution in [0.2, 0.25) is 5.02 Å². The van der Waals surface area contributed by atoms with Crippen molar-refractivity contribution in [2.24, 2.45) is 5.92 Å². The van der Waals surface area contributed by atoms with E-state index < -0.39 is 0 Å². The average molecular weight is 375 g/mol. The highest BCUT2D eigenvalue weighted by atomic mass is 35.5. The molecule has 0 bridgehead atoms. The van der Waals surface area contributed by atoms with Gasteiger partial charge in [-0.15, -0.1) is 0 Å². The number of nitrogens with zero attached hydrogens (tertiary/aromatic N) is 1. The number of ether oxygens (including phenoxy) is 2. The van der Waals surface area contributed by atoms with Crippen LogP contribution in [0.15, 0.2) is 42.5 Å². The first kappa shape index (κ1) is 18.5. The van der Waals surface area contributed by atoms with E-state index in [1.807, 2.05) is 31.3 Å². The quantitative estimate of drug-likeness (QED) is 0.841. The zero-order valence-electron chi connectivity index (χ0n) is 15.0. The number of benzene rings is 2. The van der Waals surface area contributed by atoms with Gasteiger partial charge >= 0.3 is 0 Å². The summed E-state index contributed by atoms with van der Waals surface area (Å²) in [5.74, 6) is 1.67. The Morgan fingerprint density at radius 3 is 2.69 bits per heavy atom. The van der Waals surface area contributed by atoms with E-state index >= 15 is 0 Å². The van der Waals surface area contributed by atoms with Crippen molar-refractivity contribution in [3.8, 4) is 17.2 Å². The van der Waals surface area contributed by atoms with Crippen LogP contribution >= 0.6 is 11.6 Å². The Kier molecular flexibility index (Phi) is 6.01. The van der Waals surface area contributed by atoms with Crippen LogP contribution in [0.5, 0.6) is 17.2 Å². The number of anilines is 1. The van der Waals surface area contributed by atoms with Crippen LogP contribution in [0.25, 0.3) is 0 Å². The molecule has 1 N–H and O–H groups in total. The number of nitrogens with one attached hydrogen (secondary N) is 1. The number of likely N-dealkylation sites (tertiary alicyclic amines) is 1. The SMILES string of the molecule is COc1ccccc1Oc1ccc(Cl)cc1NC(=O)[C@H]1CCCN(C)C1. The van der Waals surface area contributed by atoms with Crippen LogP contribution in [-0.2, 0) is 4.79 Å². The fourth-order valence-corrected chi connectivity index (χ4v) is 3.30. The second-order valence-corrected chi connectivity index (χ2v) is 6.92. The van der Waals surface area contributed by atoms with Crippen molar-refractivity contribution in [1.29, 1.82) is 0 Å². The van der Waals surface area contributed by atoms with E-state index in [1.165, 1.54) is 0 Å². The number of carbonyl (C=O) groups excluding carboxylic acids is 1. The maximum Gasteiger partial charge on any atom is 0.228 e. The lowest BCUT2D eigenvalue weighted by Gasteiger charge is -2.29. The molecule has 0 aliphatic carbocycles. The standard InChI is InChI=1S/C20H23ClN2O3/c1-23-11-5-6-14(13-23)20(24)22-16-12-15(21)9-10-17(16)26-19-8-4-3-7-18(19)25-2/h3-4,7-10,12,14H,5-6,11,13H2,1-2H3,(H,22,24)/t14-/m0/s1. The summed E-state index contributed by atoms with van der Waals surface area (Å²) in [6.45, 7) is 1.79. The number of amides is 1. The maximum atomic E-state index is 12.7. The molecule has 1 atom stereocenters. The van der Waals surface area contributed by atoms with Crippen LogP contribution < -0.4 is 14.8 Å². The number of hydrogen-bond donors (Lipinski definition) is 1. The molecule has 3 rings (SSSR count). The first-order valence-electron chi connectivity index (χ1n) is 8.66. The number of methoxy groups -OCH3 is 1.